The minimum Gasteiger partial charge on any atom is -0.342 e. The van der Waals surface area contributed by atoms with Gasteiger partial charge in [0.05, 0.1) is 11.3 Å². The van der Waals surface area contributed by atoms with Crippen molar-refractivity contribution in [3.05, 3.63) is 29.8 Å². The Morgan fingerprint density at radius 2 is 1.63 bits per heavy atom. The summed E-state index contributed by atoms with van der Waals surface area (Å²) in [5, 5.41) is 0. The summed E-state index contributed by atoms with van der Waals surface area (Å²) in [4.78, 5) is 14.0. The lowest BCUT2D eigenvalue weighted by Crippen LogP contribution is -2.45. The molecule has 2 rings (SSSR count). The minimum absolute atomic E-state index is 0.0851. The number of hydrogen-bond donors (Lipinski definition) is 0. The van der Waals surface area contributed by atoms with Crippen molar-refractivity contribution in [1.82, 2.24) is 9.21 Å². The molecule has 1 aromatic carbocycles. The first-order chi connectivity index (χ1) is 13.8. The molecule has 1 aliphatic heterocycles. The third kappa shape index (κ3) is 6.20. The summed E-state index contributed by atoms with van der Waals surface area (Å²) < 4.78 is 64.7. The van der Waals surface area contributed by atoms with Crippen molar-refractivity contribution in [1.29, 1.82) is 0 Å². The number of halogens is 3. The van der Waals surface area contributed by atoms with E-state index in [2.05, 4.69) is 0 Å². The van der Waals surface area contributed by atoms with E-state index in [4.69, 9.17) is 0 Å². The second-order valence-corrected chi connectivity index (χ2v) is 10.7. The zero-order chi connectivity index (χ0) is 22.7. The molecular formula is C21H31F3N2O3S. The first kappa shape index (κ1) is 24.7. The average molecular weight is 449 g/mol. The zero-order valence-corrected chi connectivity index (χ0v) is 18.8. The van der Waals surface area contributed by atoms with E-state index < -0.39 is 28.5 Å². The highest BCUT2D eigenvalue weighted by Crippen LogP contribution is 2.28. The summed E-state index contributed by atoms with van der Waals surface area (Å²) in [5.41, 5.74) is 0.947. The largest absolute Gasteiger partial charge is 0.390 e. The molecule has 170 valence electrons. The van der Waals surface area contributed by atoms with E-state index >= 15 is 0 Å². The van der Waals surface area contributed by atoms with Gasteiger partial charge >= 0.3 is 6.18 Å². The van der Waals surface area contributed by atoms with Gasteiger partial charge in [0.1, 0.15) is 0 Å². The van der Waals surface area contributed by atoms with Crippen LogP contribution in [-0.2, 0) is 20.2 Å². The van der Waals surface area contributed by atoms with E-state index in [1.807, 2.05) is 32.9 Å². The number of hydrogen-bond acceptors (Lipinski definition) is 3. The predicted octanol–water partition coefficient (Wildman–Crippen LogP) is 4.19. The van der Waals surface area contributed by atoms with Gasteiger partial charge in [-0.05, 0) is 42.9 Å². The van der Waals surface area contributed by atoms with Gasteiger partial charge < -0.3 is 4.90 Å². The van der Waals surface area contributed by atoms with Crippen molar-refractivity contribution in [2.75, 3.05) is 26.2 Å². The van der Waals surface area contributed by atoms with E-state index in [-0.39, 0.29) is 42.4 Å². The fourth-order valence-electron chi connectivity index (χ4n) is 3.56. The van der Waals surface area contributed by atoms with Gasteiger partial charge in [-0.3, -0.25) is 4.79 Å². The molecule has 1 fully saturated rings. The minimum atomic E-state index is -4.31. The molecule has 1 amide bonds. The second kappa shape index (κ2) is 9.26. The average Bonchev–Trinajstić information content (AvgIpc) is 2.67. The molecule has 1 aromatic rings. The molecule has 30 heavy (non-hydrogen) atoms. The van der Waals surface area contributed by atoms with Gasteiger partial charge in [-0.25, -0.2) is 8.42 Å². The Hall–Kier alpha value is -1.61. The van der Waals surface area contributed by atoms with Crippen molar-refractivity contribution >= 4 is 15.9 Å². The summed E-state index contributed by atoms with van der Waals surface area (Å²) in [7, 11) is -3.67. The van der Waals surface area contributed by atoms with Crippen LogP contribution in [-0.4, -0.2) is 55.9 Å². The molecule has 9 heteroatoms. The standard InChI is InChI=1S/C21H31F3N2O3S/c1-5-25(15-12-21(22,23)24)19(27)16-10-13-26(14-11-16)30(28,29)18-8-6-17(7-9-18)20(2,3)4/h6-9,16H,5,10-15H2,1-4H3. The Labute approximate surface area is 177 Å². The number of alkyl halides is 3. The van der Waals surface area contributed by atoms with Gasteiger partial charge in [0, 0.05) is 32.1 Å². The fourth-order valence-corrected chi connectivity index (χ4v) is 5.03. The maximum absolute atomic E-state index is 12.9. The second-order valence-electron chi connectivity index (χ2n) is 8.74. The molecule has 0 saturated carbocycles. The lowest BCUT2D eigenvalue weighted by atomic mass is 9.87. The monoisotopic (exact) mass is 448 g/mol. The Morgan fingerprint density at radius 3 is 2.07 bits per heavy atom. The van der Waals surface area contributed by atoms with Gasteiger partial charge in [-0.15, -0.1) is 0 Å². The first-order valence-corrected chi connectivity index (χ1v) is 11.7. The molecule has 0 N–H and O–H groups in total. The number of nitrogens with zero attached hydrogens (tertiary/aromatic N) is 2. The summed E-state index contributed by atoms with van der Waals surface area (Å²) in [6.07, 6.45) is -4.74. The molecule has 0 spiro atoms. The van der Waals surface area contributed by atoms with Crippen LogP contribution in [0.3, 0.4) is 0 Å². The Morgan fingerprint density at radius 1 is 1.10 bits per heavy atom. The Kier molecular flexibility index (Phi) is 7.61. The highest BCUT2D eigenvalue weighted by Gasteiger charge is 2.35. The van der Waals surface area contributed by atoms with Gasteiger partial charge in [-0.2, -0.15) is 17.5 Å². The quantitative estimate of drug-likeness (QED) is 0.656. The van der Waals surface area contributed by atoms with Gasteiger partial charge in [-0.1, -0.05) is 32.9 Å². The summed E-state index contributed by atoms with van der Waals surface area (Å²) in [6, 6.07) is 6.82. The zero-order valence-electron chi connectivity index (χ0n) is 18.0. The van der Waals surface area contributed by atoms with Gasteiger partial charge in [0.25, 0.3) is 0 Å². The molecule has 0 bridgehead atoms. The number of benzene rings is 1. The normalized spacial score (nSPS) is 17.2. The number of carbonyl (C=O) groups is 1. The highest BCUT2D eigenvalue weighted by atomic mass is 32.2. The lowest BCUT2D eigenvalue weighted by Gasteiger charge is -2.33. The van der Waals surface area contributed by atoms with Crippen LogP contribution in [0.1, 0.15) is 52.5 Å². The predicted molar refractivity (Wildman–Crippen MR) is 110 cm³/mol. The molecule has 5 nitrogen and oxygen atoms in total. The van der Waals surface area contributed by atoms with Crippen LogP contribution >= 0.6 is 0 Å². The lowest BCUT2D eigenvalue weighted by molar-refractivity contribution is -0.148. The van der Waals surface area contributed by atoms with Crippen LogP contribution in [0, 0.1) is 5.92 Å². The molecule has 1 saturated heterocycles. The van der Waals surface area contributed by atoms with Gasteiger partial charge in [0.15, 0.2) is 0 Å². The smallest absolute Gasteiger partial charge is 0.342 e. The topological polar surface area (TPSA) is 57.7 Å². The van der Waals surface area contributed by atoms with E-state index in [0.717, 1.165) is 5.56 Å². The number of sulfonamides is 1. The number of carbonyl (C=O) groups excluding carboxylic acids is 1. The number of piperidine rings is 1. The van der Waals surface area contributed by atoms with Gasteiger partial charge in [0.2, 0.25) is 15.9 Å². The Balaban J connectivity index is 2.01. The summed E-state index contributed by atoms with van der Waals surface area (Å²) in [5.74, 6) is -0.777. The van der Waals surface area contributed by atoms with Crippen molar-refractivity contribution in [2.45, 2.75) is 63.4 Å². The molecule has 0 aliphatic carbocycles. The molecule has 0 aromatic heterocycles. The number of amides is 1. The molecule has 0 atom stereocenters. The molecular weight excluding hydrogens is 417 g/mol. The number of rotatable bonds is 6. The van der Waals surface area contributed by atoms with E-state index in [1.165, 1.54) is 9.21 Å². The third-order valence-electron chi connectivity index (χ3n) is 5.52. The highest BCUT2D eigenvalue weighted by molar-refractivity contribution is 7.89. The SMILES string of the molecule is CCN(CCC(F)(F)F)C(=O)C1CCN(S(=O)(=O)c2ccc(C(C)(C)C)cc2)CC1. The summed E-state index contributed by atoms with van der Waals surface area (Å²) in [6.45, 7) is 7.99. The molecule has 0 unspecified atom stereocenters. The first-order valence-electron chi connectivity index (χ1n) is 10.2. The van der Waals surface area contributed by atoms with Crippen LogP contribution in [0.25, 0.3) is 0 Å². The van der Waals surface area contributed by atoms with Crippen molar-refractivity contribution < 1.29 is 26.4 Å². The van der Waals surface area contributed by atoms with Crippen LogP contribution in [0.2, 0.25) is 0 Å². The third-order valence-corrected chi connectivity index (χ3v) is 7.43. The van der Waals surface area contributed by atoms with Crippen molar-refractivity contribution in [3.63, 3.8) is 0 Å². The van der Waals surface area contributed by atoms with Crippen molar-refractivity contribution in [2.24, 2.45) is 5.92 Å². The van der Waals surface area contributed by atoms with E-state index in [0.29, 0.717) is 12.8 Å². The van der Waals surface area contributed by atoms with Crippen LogP contribution in [0.4, 0.5) is 13.2 Å². The van der Waals surface area contributed by atoms with Crippen molar-refractivity contribution in [3.8, 4) is 0 Å². The molecule has 1 aliphatic rings. The van der Waals surface area contributed by atoms with E-state index in [1.54, 1.807) is 19.1 Å². The van der Waals surface area contributed by atoms with E-state index in [9.17, 15) is 26.4 Å². The van der Waals surface area contributed by atoms with Crippen LogP contribution < -0.4 is 0 Å². The van der Waals surface area contributed by atoms with Crippen LogP contribution in [0.5, 0.6) is 0 Å². The van der Waals surface area contributed by atoms with Crippen LogP contribution in [0.15, 0.2) is 29.2 Å². The molecule has 1 heterocycles. The molecule has 0 radical (unpaired) electrons. The fraction of sp³-hybridized carbons (Fsp3) is 0.667. The maximum Gasteiger partial charge on any atom is 0.390 e. The summed E-state index contributed by atoms with van der Waals surface area (Å²) >= 11 is 0. The Bertz CT molecular complexity index is 823. The maximum atomic E-state index is 12.9.